The standard InChI is InChI=1S/C17H25NO3/c1-13-11-15(7-8-16(13)19)17(20)18-9-3-5-14(12-18)6-4-10-21-2/h7-8,11,14,19H,3-6,9-10,12H2,1-2H3. The van der Waals surface area contributed by atoms with Gasteiger partial charge in [0.05, 0.1) is 0 Å². The second-order valence-corrected chi connectivity index (χ2v) is 5.90. The zero-order valence-electron chi connectivity index (χ0n) is 13.0. The first-order chi connectivity index (χ1) is 10.1. The maximum atomic E-state index is 12.6. The summed E-state index contributed by atoms with van der Waals surface area (Å²) < 4.78 is 5.10. The van der Waals surface area contributed by atoms with Crippen LogP contribution in [-0.2, 0) is 4.74 Å². The molecular formula is C17H25NO3. The molecule has 1 fully saturated rings. The molecule has 1 aliphatic rings. The van der Waals surface area contributed by atoms with Crippen LogP contribution in [0.3, 0.4) is 0 Å². The molecule has 0 saturated carbocycles. The highest BCUT2D eigenvalue weighted by Gasteiger charge is 2.24. The lowest BCUT2D eigenvalue weighted by atomic mass is 9.93. The van der Waals surface area contributed by atoms with Crippen LogP contribution in [0.1, 0.15) is 41.6 Å². The molecule has 0 aromatic heterocycles. The molecule has 4 nitrogen and oxygen atoms in total. The number of rotatable bonds is 5. The van der Waals surface area contributed by atoms with E-state index in [1.165, 1.54) is 6.42 Å². The molecular weight excluding hydrogens is 266 g/mol. The number of aromatic hydroxyl groups is 1. The number of nitrogens with zero attached hydrogens (tertiary/aromatic N) is 1. The normalized spacial score (nSPS) is 18.8. The average Bonchev–Trinajstić information content (AvgIpc) is 2.50. The molecule has 4 heteroatoms. The van der Waals surface area contributed by atoms with Gasteiger partial charge in [0.2, 0.25) is 0 Å². The van der Waals surface area contributed by atoms with Gasteiger partial charge in [-0.2, -0.15) is 0 Å². The van der Waals surface area contributed by atoms with E-state index in [1.54, 1.807) is 25.3 Å². The van der Waals surface area contributed by atoms with Gasteiger partial charge in [-0.15, -0.1) is 0 Å². The van der Waals surface area contributed by atoms with Gasteiger partial charge in [0.1, 0.15) is 5.75 Å². The first kappa shape index (κ1) is 15.8. The fraction of sp³-hybridized carbons (Fsp3) is 0.588. The van der Waals surface area contributed by atoms with Crippen LogP contribution in [0.5, 0.6) is 5.75 Å². The van der Waals surface area contributed by atoms with Crippen molar-refractivity contribution in [1.82, 2.24) is 4.90 Å². The van der Waals surface area contributed by atoms with Crippen LogP contribution in [-0.4, -0.2) is 42.7 Å². The molecule has 1 aliphatic heterocycles. The van der Waals surface area contributed by atoms with Gasteiger partial charge in [-0.3, -0.25) is 4.79 Å². The van der Waals surface area contributed by atoms with Crippen molar-refractivity contribution in [3.63, 3.8) is 0 Å². The number of piperidine rings is 1. The molecule has 1 aromatic carbocycles. The van der Waals surface area contributed by atoms with Crippen molar-refractivity contribution in [2.24, 2.45) is 5.92 Å². The van der Waals surface area contributed by atoms with Crippen molar-refractivity contribution in [2.75, 3.05) is 26.8 Å². The quantitative estimate of drug-likeness (QED) is 0.849. The summed E-state index contributed by atoms with van der Waals surface area (Å²) in [6, 6.07) is 5.08. The molecule has 2 rings (SSSR count). The molecule has 0 spiro atoms. The third kappa shape index (κ3) is 4.21. The molecule has 116 valence electrons. The van der Waals surface area contributed by atoms with Crippen molar-refractivity contribution in [3.05, 3.63) is 29.3 Å². The summed E-state index contributed by atoms with van der Waals surface area (Å²) in [6.45, 7) is 4.28. The molecule has 0 aliphatic carbocycles. The van der Waals surface area contributed by atoms with E-state index in [9.17, 15) is 9.90 Å². The summed E-state index contributed by atoms with van der Waals surface area (Å²) in [7, 11) is 1.73. The summed E-state index contributed by atoms with van der Waals surface area (Å²) in [6.07, 6.45) is 4.44. The Bertz CT molecular complexity index is 487. The Kier molecular flexibility index (Phi) is 5.62. The van der Waals surface area contributed by atoms with Crippen molar-refractivity contribution in [3.8, 4) is 5.75 Å². The number of carbonyl (C=O) groups is 1. The zero-order chi connectivity index (χ0) is 15.2. The molecule has 1 unspecified atom stereocenters. The maximum Gasteiger partial charge on any atom is 0.253 e. The minimum absolute atomic E-state index is 0.0783. The summed E-state index contributed by atoms with van der Waals surface area (Å²) >= 11 is 0. The van der Waals surface area contributed by atoms with Crippen LogP contribution >= 0.6 is 0 Å². The Morgan fingerprint density at radius 2 is 2.29 bits per heavy atom. The van der Waals surface area contributed by atoms with E-state index in [0.29, 0.717) is 11.5 Å². The second-order valence-electron chi connectivity index (χ2n) is 5.90. The number of amides is 1. The van der Waals surface area contributed by atoms with Gasteiger partial charge in [-0.1, -0.05) is 0 Å². The molecule has 1 saturated heterocycles. The van der Waals surface area contributed by atoms with Crippen LogP contribution in [0, 0.1) is 12.8 Å². The van der Waals surface area contributed by atoms with E-state index in [1.807, 2.05) is 11.8 Å². The van der Waals surface area contributed by atoms with Gasteiger partial charge >= 0.3 is 0 Å². The molecule has 21 heavy (non-hydrogen) atoms. The summed E-state index contributed by atoms with van der Waals surface area (Å²) in [4.78, 5) is 14.5. The molecule has 0 bridgehead atoms. The molecule has 1 atom stereocenters. The van der Waals surface area contributed by atoms with Crippen LogP contribution in [0.2, 0.25) is 0 Å². The molecule has 1 N–H and O–H groups in total. The lowest BCUT2D eigenvalue weighted by molar-refractivity contribution is 0.0660. The van der Waals surface area contributed by atoms with Crippen LogP contribution in [0.4, 0.5) is 0 Å². The molecule has 1 amide bonds. The first-order valence-electron chi connectivity index (χ1n) is 7.69. The van der Waals surface area contributed by atoms with Crippen molar-refractivity contribution in [1.29, 1.82) is 0 Å². The van der Waals surface area contributed by atoms with Crippen molar-refractivity contribution >= 4 is 5.91 Å². The van der Waals surface area contributed by atoms with Crippen molar-refractivity contribution < 1.29 is 14.6 Å². The number of likely N-dealkylation sites (tertiary alicyclic amines) is 1. The van der Waals surface area contributed by atoms with Gasteiger partial charge in [-0.05, 0) is 62.3 Å². The number of ether oxygens (including phenoxy) is 1. The number of carbonyl (C=O) groups excluding carboxylic acids is 1. The summed E-state index contributed by atoms with van der Waals surface area (Å²) in [5.41, 5.74) is 1.41. The maximum absolute atomic E-state index is 12.6. The fourth-order valence-corrected chi connectivity index (χ4v) is 2.97. The van der Waals surface area contributed by atoms with Crippen molar-refractivity contribution in [2.45, 2.75) is 32.6 Å². The molecule has 1 heterocycles. The Balaban J connectivity index is 1.96. The Labute approximate surface area is 126 Å². The summed E-state index contributed by atoms with van der Waals surface area (Å²) in [5, 5.41) is 9.56. The minimum Gasteiger partial charge on any atom is -0.508 e. The number of aryl methyl sites for hydroxylation is 1. The predicted molar refractivity (Wildman–Crippen MR) is 82.6 cm³/mol. The topological polar surface area (TPSA) is 49.8 Å². The number of hydrogen-bond acceptors (Lipinski definition) is 3. The lowest BCUT2D eigenvalue weighted by Gasteiger charge is -2.33. The number of phenols is 1. The lowest BCUT2D eigenvalue weighted by Crippen LogP contribution is -2.40. The van der Waals surface area contributed by atoms with Gasteiger partial charge < -0.3 is 14.7 Å². The van der Waals surface area contributed by atoms with Gasteiger partial charge in [0.25, 0.3) is 5.91 Å². The second kappa shape index (κ2) is 7.46. The highest BCUT2D eigenvalue weighted by Crippen LogP contribution is 2.24. The largest absolute Gasteiger partial charge is 0.508 e. The van der Waals surface area contributed by atoms with Gasteiger partial charge in [0, 0.05) is 32.4 Å². The summed E-state index contributed by atoms with van der Waals surface area (Å²) in [5.74, 6) is 0.897. The highest BCUT2D eigenvalue weighted by atomic mass is 16.5. The van der Waals surface area contributed by atoms with Gasteiger partial charge in [0.15, 0.2) is 0 Å². The van der Waals surface area contributed by atoms with Gasteiger partial charge in [-0.25, -0.2) is 0 Å². The van der Waals surface area contributed by atoms with E-state index in [2.05, 4.69) is 0 Å². The average molecular weight is 291 g/mol. The Morgan fingerprint density at radius 3 is 3.00 bits per heavy atom. The zero-order valence-corrected chi connectivity index (χ0v) is 13.0. The van der Waals surface area contributed by atoms with E-state index in [-0.39, 0.29) is 11.7 Å². The SMILES string of the molecule is COCCCC1CCCN(C(=O)c2ccc(O)c(C)c2)C1. The van der Waals surface area contributed by atoms with Crippen LogP contribution in [0.25, 0.3) is 0 Å². The number of benzene rings is 1. The van der Waals surface area contributed by atoms with Crippen LogP contribution < -0.4 is 0 Å². The molecule has 1 aromatic rings. The third-order valence-corrected chi connectivity index (χ3v) is 4.21. The predicted octanol–water partition coefficient (Wildman–Crippen LogP) is 2.98. The third-order valence-electron chi connectivity index (χ3n) is 4.21. The minimum atomic E-state index is 0.0783. The number of phenolic OH excluding ortho intramolecular Hbond substituents is 1. The highest BCUT2D eigenvalue weighted by molar-refractivity contribution is 5.94. The Hall–Kier alpha value is -1.55. The number of methoxy groups -OCH3 is 1. The first-order valence-corrected chi connectivity index (χ1v) is 7.69. The monoisotopic (exact) mass is 291 g/mol. The van der Waals surface area contributed by atoms with E-state index < -0.39 is 0 Å². The number of hydrogen-bond donors (Lipinski definition) is 1. The van der Waals surface area contributed by atoms with E-state index >= 15 is 0 Å². The van der Waals surface area contributed by atoms with E-state index in [0.717, 1.165) is 44.5 Å². The Morgan fingerprint density at radius 1 is 1.48 bits per heavy atom. The smallest absolute Gasteiger partial charge is 0.253 e. The molecule has 0 radical (unpaired) electrons. The van der Waals surface area contributed by atoms with E-state index in [4.69, 9.17) is 4.74 Å². The fourth-order valence-electron chi connectivity index (χ4n) is 2.97. The van der Waals surface area contributed by atoms with Crippen LogP contribution in [0.15, 0.2) is 18.2 Å².